The highest BCUT2D eigenvalue weighted by molar-refractivity contribution is 5.98. The van der Waals surface area contributed by atoms with Gasteiger partial charge in [0, 0.05) is 31.7 Å². The molecule has 176 valence electrons. The Bertz CT molecular complexity index is 997. The zero-order valence-electron chi connectivity index (χ0n) is 19.8. The molecule has 1 aliphatic heterocycles. The van der Waals surface area contributed by atoms with E-state index < -0.39 is 6.04 Å². The van der Waals surface area contributed by atoms with Crippen LogP contribution in [0.5, 0.6) is 5.75 Å². The fourth-order valence-corrected chi connectivity index (χ4v) is 4.00. The molecule has 0 aliphatic carbocycles. The molecule has 33 heavy (non-hydrogen) atoms. The summed E-state index contributed by atoms with van der Waals surface area (Å²) >= 11 is 0. The van der Waals surface area contributed by atoms with E-state index in [0.29, 0.717) is 38.2 Å². The summed E-state index contributed by atoms with van der Waals surface area (Å²) in [5.41, 5.74) is 2.34. The number of methoxy groups -OCH3 is 1. The van der Waals surface area contributed by atoms with Crippen molar-refractivity contribution in [1.29, 1.82) is 0 Å². The van der Waals surface area contributed by atoms with Gasteiger partial charge < -0.3 is 19.9 Å². The van der Waals surface area contributed by atoms with Crippen molar-refractivity contribution in [2.45, 2.75) is 33.2 Å². The number of carbonyl (C=O) groups is 3. The van der Waals surface area contributed by atoms with E-state index in [1.807, 2.05) is 63.2 Å². The molecule has 0 spiro atoms. The summed E-state index contributed by atoms with van der Waals surface area (Å²) < 4.78 is 5.23. The van der Waals surface area contributed by atoms with Crippen LogP contribution in [0.1, 0.15) is 35.3 Å². The van der Waals surface area contributed by atoms with Crippen molar-refractivity contribution >= 4 is 17.7 Å². The average Bonchev–Trinajstić information content (AvgIpc) is 2.82. The highest BCUT2D eigenvalue weighted by Crippen LogP contribution is 2.16. The normalized spacial score (nSPS) is 14.7. The topological polar surface area (TPSA) is 79.0 Å². The van der Waals surface area contributed by atoms with Gasteiger partial charge in [-0.2, -0.15) is 0 Å². The molecule has 0 saturated carbocycles. The number of hydrogen-bond donors (Lipinski definition) is 1. The number of hydrogen-bond acceptors (Lipinski definition) is 4. The second kappa shape index (κ2) is 11.0. The second-order valence-corrected chi connectivity index (χ2v) is 8.74. The molecule has 1 aliphatic rings. The predicted octanol–water partition coefficient (Wildman–Crippen LogP) is 2.67. The smallest absolute Gasteiger partial charge is 0.252 e. The summed E-state index contributed by atoms with van der Waals surface area (Å²) in [7, 11) is 1.60. The Hall–Kier alpha value is -3.35. The van der Waals surface area contributed by atoms with Crippen LogP contribution in [-0.2, 0) is 16.0 Å². The minimum absolute atomic E-state index is 0.0311. The molecule has 0 aromatic heterocycles. The average molecular weight is 452 g/mol. The van der Waals surface area contributed by atoms with Crippen molar-refractivity contribution in [2.24, 2.45) is 5.92 Å². The maximum Gasteiger partial charge on any atom is 0.252 e. The van der Waals surface area contributed by atoms with Crippen LogP contribution in [0.2, 0.25) is 0 Å². The van der Waals surface area contributed by atoms with Gasteiger partial charge in [0.25, 0.3) is 5.91 Å². The van der Waals surface area contributed by atoms with Gasteiger partial charge in [0.2, 0.25) is 11.8 Å². The molecule has 7 heteroatoms. The summed E-state index contributed by atoms with van der Waals surface area (Å²) in [5, 5.41) is 2.93. The van der Waals surface area contributed by atoms with Crippen molar-refractivity contribution in [3.63, 3.8) is 0 Å². The summed E-state index contributed by atoms with van der Waals surface area (Å²) in [4.78, 5) is 42.3. The van der Waals surface area contributed by atoms with E-state index >= 15 is 0 Å². The molecule has 0 bridgehead atoms. The van der Waals surface area contributed by atoms with Crippen molar-refractivity contribution in [3.05, 3.63) is 65.2 Å². The number of nitrogens with one attached hydrogen (secondary N) is 1. The Morgan fingerprint density at radius 2 is 1.64 bits per heavy atom. The van der Waals surface area contributed by atoms with Gasteiger partial charge >= 0.3 is 0 Å². The lowest BCUT2D eigenvalue weighted by Gasteiger charge is -2.37. The zero-order chi connectivity index (χ0) is 24.0. The maximum atomic E-state index is 13.2. The molecule has 1 saturated heterocycles. The Labute approximate surface area is 195 Å². The van der Waals surface area contributed by atoms with Gasteiger partial charge in [0.1, 0.15) is 11.8 Å². The Morgan fingerprint density at radius 3 is 2.27 bits per heavy atom. The highest BCUT2D eigenvalue weighted by atomic mass is 16.5. The first-order valence-corrected chi connectivity index (χ1v) is 11.4. The standard InChI is InChI=1S/C26H33N3O4/c1-18(2)24(27-25(31)22-11-6-5-8-19(22)3)26(32)29-14-12-28(13-15-29)23(30)17-20-9-7-10-21(16-20)33-4/h5-11,16,18,24H,12-15,17H2,1-4H3,(H,27,31). The van der Waals surface area contributed by atoms with E-state index in [-0.39, 0.29) is 23.6 Å². The number of ether oxygens (including phenoxy) is 1. The molecule has 0 radical (unpaired) electrons. The second-order valence-electron chi connectivity index (χ2n) is 8.74. The van der Waals surface area contributed by atoms with E-state index in [4.69, 9.17) is 4.74 Å². The minimum Gasteiger partial charge on any atom is -0.497 e. The van der Waals surface area contributed by atoms with Crippen LogP contribution in [0.4, 0.5) is 0 Å². The third-order valence-corrected chi connectivity index (χ3v) is 6.04. The number of carbonyl (C=O) groups excluding carboxylic acids is 3. The summed E-state index contributed by atoms with van der Waals surface area (Å²) in [6.07, 6.45) is 0.298. The zero-order valence-corrected chi connectivity index (χ0v) is 19.8. The first kappa shape index (κ1) is 24.3. The number of rotatable bonds is 7. The van der Waals surface area contributed by atoms with Crippen molar-refractivity contribution < 1.29 is 19.1 Å². The van der Waals surface area contributed by atoms with E-state index in [2.05, 4.69) is 5.32 Å². The van der Waals surface area contributed by atoms with Crippen molar-refractivity contribution in [3.8, 4) is 5.75 Å². The number of nitrogens with zero attached hydrogens (tertiary/aromatic N) is 2. The molecule has 1 unspecified atom stereocenters. The molecular weight excluding hydrogens is 418 g/mol. The molecule has 1 N–H and O–H groups in total. The molecule has 2 aromatic rings. The van der Waals surface area contributed by atoms with Gasteiger partial charge in [-0.25, -0.2) is 0 Å². The monoisotopic (exact) mass is 451 g/mol. The van der Waals surface area contributed by atoms with Gasteiger partial charge in [-0.05, 0) is 42.2 Å². The number of amides is 3. The van der Waals surface area contributed by atoms with Gasteiger partial charge in [0.05, 0.1) is 13.5 Å². The van der Waals surface area contributed by atoms with Crippen LogP contribution in [0.15, 0.2) is 48.5 Å². The third kappa shape index (κ3) is 6.12. The summed E-state index contributed by atoms with van der Waals surface area (Å²) in [6, 6.07) is 14.2. The lowest BCUT2D eigenvalue weighted by atomic mass is 10.0. The van der Waals surface area contributed by atoms with Crippen LogP contribution >= 0.6 is 0 Å². The molecule has 1 heterocycles. The molecule has 7 nitrogen and oxygen atoms in total. The quantitative estimate of drug-likeness (QED) is 0.702. The molecular formula is C26H33N3O4. The Balaban J connectivity index is 1.57. The first-order valence-electron chi connectivity index (χ1n) is 11.4. The van der Waals surface area contributed by atoms with Crippen LogP contribution in [-0.4, -0.2) is 66.9 Å². The van der Waals surface area contributed by atoms with Crippen molar-refractivity contribution in [1.82, 2.24) is 15.1 Å². The molecule has 2 aromatic carbocycles. The fourth-order valence-electron chi connectivity index (χ4n) is 4.00. The largest absolute Gasteiger partial charge is 0.497 e. The fraction of sp³-hybridized carbons (Fsp3) is 0.423. The Morgan fingerprint density at radius 1 is 0.970 bits per heavy atom. The molecule has 3 rings (SSSR count). The number of benzene rings is 2. The maximum absolute atomic E-state index is 13.2. The first-order chi connectivity index (χ1) is 15.8. The van der Waals surface area contributed by atoms with E-state index in [1.54, 1.807) is 23.0 Å². The summed E-state index contributed by atoms with van der Waals surface area (Å²) in [6.45, 7) is 7.58. The number of aryl methyl sites for hydroxylation is 1. The van der Waals surface area contributed by atoms with Crippen LogP contribution in [0.25, 0.3) is 0 Å². The van der Waals surface area contributed by atoms with E-state index in [1.165, 1.54) is 0 Å². The number of piperazine rings is 1. The van der Waals surface area contributed by atoms with Gasteiger partial charge in [0.15, 0.2) is 0 Å². The van der Waals surface area contributed by atoms with Gasteiger partial charge in [-0.1, -0.05) is 44.2 Å². The van der Waals surface area contributed by atoms with Crippen LogP contribution in [0.3, 0.4) is 0 Å². The minimum atomic E-state index is -0.615. The van der Waals surface area contributed by atoms with E-state index in [9.17, 15) is 14.4 Å². The third-order valence-electron chi connectivity index (χ3n) is 6.04. The highest BCUT2D eigenvalue weighted by Gasteiger charge is 2.32. The molecule has 1 fully saturated rings. The van der Waals surface area contributed by atoms with Crippen LogP contribution < -0.4 is 10.1 Å². The van der Waals surface area contributed by atoms with Gasteiger partial charge in [-0.3, -0.25) is 14.4 Å². The SMILES string of the molecule is COc1cccc(CC(=O)N2CCN(C(=O)C(NC(=O)c3ccccc3C)C(C)C)CC2)c1. The Kier molecular flexibility index (Phi) is 8.09. The van der Waals surface area contributed by atoms with Crippen LogP contribution in [0, 0.1) is 12.8 Å². The summed E-state index contributed by atoms with van der Waals surface area (Å²) in [5.74, 6) is 0.351. The lowest BCUT2D eigenvalue weighted by molar-refractivity contribution is -0.141. The lowest BCUT2D eigenvalue weighted by Crippen LogP contribution is -2.57. The van der Waals surface area contributed by atoms with Crippen molar-refractivity contribution in [2.75, 3.05) is 33.3 Å². The predicted molar refractivity (Wildman–Crippen MR) is 127 cm³/mol. The molecule has 3 amide bonds. The van der Waals surface area contributed by atoms with E-state index in [0.717, 1.165) is 16.9 Å². The van der Waals surface area contributed by atoms with Gasteiger partial charge in [-0.15, -0.1) is 0 Å². The molecule has 1 atom stereocenters.